The SMILES string of the molecule is COC(=O)c1ccc(NC(=O)NCCc2ccc(CO)cc2)nc1. The zero-order chi connectivity index (χ0) is 17.4. The van der Waals surface area contributed by atoms with Gasteiger partial charge in [-0.25, -0.2) is 14.6 Å². The van der Waals surface area contributed by atoms with Crippen molar-refractivity contribution in [2.75, 3.05) is 19.0 Å². The average Bonchev–Trinajstić information content (AvgIpc) is 2.62. The van der Waals surface area contributed by atoms with Crippen molar-refractivity contribution in [1.29, 1.82) is 0 Å². The van der Waals surface area contributed by atoms with Gasteiger partial charge in [-0.05, 0) is 29.7 Å². The maximum Gasteiger partial charge on any atom is 0.339 e. The average molecular weight is 329 g/mol. The van der Waals surface area contributed by atoms with Crippen LogP contribution < -0.4 is 10.6 Å². The summed E-state index contributed by atoms with van der Waals surface area (Å²) in [7, 11) is 1.29. The maximum absolute atomic E-state index is 11.8. The molecule has 0 fully saturated rings. The highest BCUT2D eigenvalue weighted by Crippen LogP contribution is 2.07. The van der Waals surface area contributed by atoms with E-state index in [2.05, 4.69) is 20.4 Å². The third-order valence-corrected chi connectivity index (χ3v) is 3.33. The third-order valence-electron chi connectivity index (χ3n) is 3.33. The molecule has 0 saturated heterocycles. The Balaban J connectivity index is 1.77. The molecule has 126 valence electrons. The molecule has 0 saturated carbocycles. The van der Waals surface area contributed by atoms with Crippen molar-refractivity contribution in [3.05, 3.63) is 59.3 Å². The second kappa shape index (κ2) is 8.64. The fraction of sp³-hybridized carbons (Fsp3) is 0.235. The number of hydrogen-bond donors (Lipinski definition) is 3. The van der Waals surface area contributed by atoms with Crippen molar-refractivity contribution in [2.24, 2.45) is 0 Å². The summed E-state index contributed by atoms with van der Waals surface area (Å²) in [5.74, 6) is -0.141. The third kappa shape index (κ3) is 5.06. The number of ether oxygens (including phenoxy) is 1. The summed E-state index contributed by atoms with van der Waals surface area (Å²) in [6.45, 7) is 0.479. The molecule has 2 aromatic rings. The molecule has 2 rings (SSSR count). The summed E-state index contributed by atoms with van der Waals surface area (Å²) in [5.41, 5.74) is 2.23. The smallest absolute Gasteiger partial charge is 0.339 e. The Morgan fingerprint density at radius 2 is 1.83 bits per heavy atom. The Hall–Kier alpha value is -2.93. The molecule has 0 radical (unpaired) electrons. The zero-order valence-corrected chi connectivity index (χ0v) is 13.3. The lowest BCUT2D eigenvalue weighted by molar-refractivity contribution is 0.0600. The topological polar surface area (TPSA) is 101 Å². The van der Waals surface area contributed by atoms with E-state index >= 15 is 0 Å². The minimum Gasteiger partial charge on any atom is -0.465 e. The molecule has 0 unspecified atom stereocenters. The minimum atomic E-state index is -0.481. The van der Waals surface area contributed by atoms with E-state index in [1.165, 1.54) is 25.4 Å². The first-order valence-corrected chi connectivity index (χ1v) is 7.40. The molecular formula is C17H19N3O4. The number of pyridine rings is 1. The molecule has 2 amide bonds. The van der Waals surface area contributed by atoms with E-state index in [-0.39, 0.29) is 12.6 Å². The second-order valence-electron chi connectivity index (χ2n) is 5.03. The highest BCUT2D eigenvalue weighted by atomic mass is 16.5. The first-order chi connectivity index (χ1) is 11.6. The van der Waals surface area contributed by atoms with Crippen LogP contribution in [-0.4, -0.2) is 35.7 Å². The van der Waals surface area contributed by atoms with Crippen LogP contribution in [0.5, 0.6) is 0 Å². The van der Waals surface area contributed by atoms with Crippen LogP contribution >= 0.6 is 0 Å². The molecule has 1 aromatic heterocycles. The Labute approximate surface area is 139 Å². The van der Waals surface area contributed by atoms with Crippen LogP contribution in [0, 0.1) is 0 Å². The highest BCUT2D eigenvalue weighted by Gasteiger charge is 2.07. The first kappa shape index (κ1) is 17.4. The number of carbonyl (C=O) groups excluding carboxylic acids is 2. The zero-order valence-electron chi connectivity index (χ0n) is 13.3. The number of esters is 1. The number of aromatic nitrogens is 1. The summed E-state index contributed by atoms with van der Waals surface area (Å²) >= 11 is 0. The van der Waals surface area contributed by atoms with Gasteiger partial charge in [0.15, 0.2) is 0 Å². The van der Waals surface area contributed by atoms with E-state index in [0.29, 0.717) is 24.3 Å². The molecule has 0 bridgehead atoms. The number of amides is 2. The molecule has 0 aliphatic rings. The van der Waals surface area contributed by atoms with Crippen LogP contribution in [-0.2, 0) is 17.8 Å². The number of nitrogens with zero attached hydrogens (tertiary/aromatic N) is 1. The summed E-state index contributed by atoms with van der Waals surface area (Å²) in [6, 6.07) is 10.2. The van der Waals surface area contributed by atoms with E-state index in [9.17, 15) is 9.59 Å². The number of rotatable bonds is 6. The van der Waals surface area contributed by atoms with Crippen LogP contribution in [0.25, 0.3) is 0 Å². The number of hydrogen-bond acceptors (Lipinski definition) is 5. The molecule has 0 atom stereocenters. The van der Waals surface area contributed by atoms with Gasteiger partial charge in [-0.1, -0.05) is 24.3 Å². The standard InChI is InChI=1S/C17H19N3O4/c1-24-16(22)14-6-7-15(19-10-14)20-17(23)18-9-8-12-2-4-13(11-21)5-3-12/h2-7,10,21H,8-9,11H2,1H3,(H2,18,19,20,23). The molecule has 0 spiro atoms. The summed E-state index contributed by atoms with van der Waals surface area (Å²) in [5, 5.41) is 14.3. The van der Waals surface area contributed by atoms with Crippen molar-refractivity contribution < 1.29 is 19.4 Å². The fourth-order valence-corrected chi connectivity index (χ4v) is 2.00. The van der Waals surface area contributed by atoms with Crippen LogP contribution in [0.3, 0.4) is 0 Å². The van der Waals surface area contributed by atoms with Crippen molar-refractivity contribution in [2.45, 2.75) is 13.0 Å². The monoisotopic (exact) mass is 329 g/mol. The highest BCUT2D eigenvalue weighted by molar-refractivity contribution is 5.91. The van der Waals surface area contributed by atoms with Crippen LogP contribution in [0.2, 0.25) is 0 Å². The number of nitrogens with one attached hydrogen (secondary N) is 2. The summed E-state index contributed by atoms with van der Waals surface area (Å²) < 4.78 is 4.57. The van der Waals surface area contributed by atoms with Crippen molar-refractivity contribution in [3.8, 4) is 0 Å². The number of aliphatic hydroxyl groups is 1. The lowest BCUT2D eigenvalue weighted by Gasteiger charge is -2.08. The van der Waals surface area contributed by atoms with Crippen molar-refractivity contribution >= 4 is 17.8 Å². The quantitative estimate of drug-likeness (QED) is 0.701. The number of methoxy groups -OCH3 is 1. The number of anilines is 1. The summed E-state index contributed by atoms with van der Waals surface area (Å²) in [6.07, 6.45) is 2.01. The molecular weight excluding hydrogens is 310 g/mol. The number of benzene rings is 1. The number of urea groups is 1. The number of aliphatic hydroxyl groups excluding tert-OH is 1. The molecule has 7 heteroatoms. The van der Waals surface area contributed by atoms with Gasteiger partial charge in [0.25, 0.3) is 0 Å². The van der Waals surface area contributed by atoms with Gasteiger partial charge in [-0.3, -0.25) is 5.32 Å². The second-order valence-corrected chi connectivity index (χ2v) is 5.03. The van der Waals surface area contributed by atoms with Crippen molar-refractivity contribution in [3.63, 3.8) is 0 Å². The van der Waals surface area contributed by atoms with Gasteiger partial charge < -0.3 is 15.2 Å². The molecule has 0 aliphatic heterocycles. The lowest BCUT2D eigenvalue weighted by atomic mass is 10.1. The van der Waals surface area contributed by atoms with Crippen molar-refractivity contribution in [1.82, 2.24) is 10.3 Å². The summed E-state index contributed by atoms with van der Waals surface area (Å²) in [4.78, 5) is 27.1. The van der Waals surface area contributed by atoms with E-state index in [1.807, 2.05) is 24.3 Å². The van der Waals surface area contributed by atoms with Gasteiger partial charge in [0.1, 0.15) is 5.82 Å². The van der Waals surface area contributed by atoms with Gasteiger partial charge >= 0.3 is 12.0 Å². The largest absolute Gasteiger partial charge is 0.465 e. The molecule has 0 aliphatic carbocycles. The van der Waals surface area contributed by atoms with Crippen LogP contribution in [0.15, 0.2) is 42.6 Å². The fourth-order valence-electron chi connectivity index (χ4n) is 2.00. The Morgan fingerprint density at radius 3 is 2.42 bits per heavy atom. The maximum atomic E-state index is 11.8. The van der Waals surface area contributed by atoms with Gasteiger partial charge in [-0.15, -0.1) is 0 Å². The molecule has 24 heavy (non-hydrogen) atoms. The normalized spacial score (nSPS) is 10.1. The predicted octanol–water partition coefficient (Wildman–Crippen LogP) is 1.72. The Kier molecular flexibility index (Phi) is 6.27. The predicted molar refractivity (Wildman–Crippen MR) is 88.7 cm³/mol. The molecule has 1 heterocycles. The van der Waals surface area contributed by atoms with Gasteiger partial charge in [0, 0.05) is 12.7 Å². The van der Waals surface area contributed by atoms with Crippen LogP contribution in [0.4, 0.5) is 10.6 Å². The number of carbonyl (C=O) groups is 2. The van der Waals surface area contributed by atoms with Gasteiger partial charge in [0.2, 0.25) is 0 Å². The van der Waals surface area contributed by atoms with Gasteiger partial charge in [-0.2, -0.15) is 0 Å². The minimum absolute atomic E-state index is 0.0166. The van der Waals surface area contributed by atoms with Gasteiger partial charge in [0.05, 0.1) is 19.3 Å². The molecule has 3 N–H and O–H groups in total. The van der Waals surface area contributed by atoms with E-state index in [4.69, 9.17) is 5.11 Å². The Morgan fingerprint density at radius 1 is 1.12 bits per heavy atom. The molecule has 7 nitrogen and oxygen atoms in total. The van der Waals surface area contributed by atoms with E-state index in [0.717, 1.165) is 11.1 Å². The van der Waals surface area contributed by atoms with E-state index < -0.39 is 5.97 Å². The van der Waals surface area contributed by atoms with Crippen LogP contribution in [0.1, 0.15) is 21.5 Å². The van der Waals surface area contributed by atoms with E-state index in [1.54, 1.807) is 0 Å². The molecule has 1 aromatic carbocycles. The lowest BCUT2D eigenvalue weighted by Crippen LogP contribution is -2.30. The first-order valence-electron chi connectivity index (χ1n) is 7.40. The Bertz CT molecular complexity index is 684.